The summed E-state index contributed by atoms with van der Waals surface area (Å²) in [6, 6.07) is 0.645. The molecule has 1 heterocycles. The lowest BCUT2D eigenvalue weighted by atomic mass is 10.2. The highest BCUT2D eigenvalue weighted by Gasteiger charge is 2.22. The van der Waals surface area contributed by atoms with Gasteiger partial charge >= 0.3 is 5.97 Å². The lowest BCUT2D eigenvalue weighted by Gasteiger charge is -2.19. The van der Waals surface area contributed by atoms with E-state index in [0.717, 1.165) is 19.6 Å². The molecule has 1 atom stereocenters. The molecule has 1 aliphatic rings. The van der Waals surface area contributed by atoms with Gasteiger partial charge in [-0.15, -0.1) is 0 Å². The van der Waals surface area contributed by atoms with Crippen LogP contribution in [0.5, 0.6) is 0 Å². The second-order valence-corrected chi connectivity index (χ2v) is 4.54. The molecule has 0 aromatic carbocycles. The highest BCUT2D eigenvalue weighted by molar-refractivity contribution is 5.87. The van der Waals surface area contributed by atoms with Crippen LogP contribution in [-0.2, 0) is 9.53 Å². The fourth-order valence-electron chi connectivity index (χ4n) is 1.91. The van der Waals surface area contributed by atoms with E-state index in [-0.39, 0.29) is 5.97 Å². The summed E-state index contributed by atoms with van der Waals surface area (Å²) in [4.78, 5) is 15.8. The normalized spacial score (nSPS) is 22.8. The van der Waals surface area contributed by atoms with E-state index in [1.807, 2.05) is 6.08 Å². The van der Waals surface area contributed by atoms with Gasteiger partial charge in [-0.3, -0.25) is 4.90 Å². The zero-order chi connectivity index (χ0) is 12.1. The van der Waals surface area contributed by atoms with E-state index in [9.17, 15) is 4.79 Å². The van der Waals surface area contributed by atoms with Crippen LogP contribution in [0.2, 0.25) is 0 Å². The molecule has 1 unspecified atom stereocenters. The van der Waals surface area contributed by atoms with E-state index >= 15 is 0 Å². The van der Waals surface area contributed by atoms with Gasteiger partial charge in [0, 0.05) is 31.2 Å². The highest BCUT2D eigenvalue weighted by Crippen LogP contribution is 2.13. The minimum atomic E-state index is -0.233. The van der Waals surface area contributed by atoms with Crippen LogP contribution in [0.25, 0.3) is 0 Å². The number of hydrogen-bond donors (Lipinski definition) is 0. The van der Waals surface area contributed by atoms with E-state index in [0.29, 0.717) is 11.6 Å². The molecule has 1 aliphatic heterocycles. The lowest BCUT2D eigenvalue weighted by Crippen LogP contribution is -2.31. The van der Waals surface area contributed by atoms with Crippen LogP contribution in [0.4, 0.5) is 0 Å². The third-order valence-corrected chi connectivity index (χ3v) is 3.14. The van der Waals surface area contributed by atoms with Crippen molar-refractivity contribution in [3.05, 3.63) is 11.6 Å². The number of esters is 1. The molecule has 92 valence electrons. The fourth-order valence-corrected chi connectivity index (χ4v) is 1.91. The Morgan fingerprint density at radius 2 is 2.25 bits per heavy atom. The van der Waals surface area contributed by atoms with Gasteiger partial charge < -0.3 is 9.64 Å². The van der Waals surface area contributed by atoms with Gasteiger partial charge in [0.15, 0.2) is 0 Å². The van der Waals surface area contributed by atoms with Gasteiger partial charge in [0.1, 0.15) is 0 Å². The number of carbonyl (C=O) groups excluding carboxylic acids is 1. The van der Waals surface area contributed by atoms with Crippen molar-refractivity contribution in [2.24, 2.45) is 0 Å². The molecule has 1 saturated heterocycles. The Kier molecular flexibility index (Phi) is 4.96. The molecule has 0 aromatic rings. The summed E-state index contributed by atoms with van der Waals surface area (Å²) in [6.45, 7) is 4.82. The molecular weight excluding hydrogens is 204 g/mol. The van der Waals surface area contributed by atoms with Crippen molar-refractivity contribution in [2.75, 3.05) is 40.8 Å². The quantitative estimate of drug-likeness (QED) is 0.523. The molecule has 0 radical (unpaired) electrons. The Balaban J connectivity index is 2.37. The molecule has 16 heavy (non-hydrogen) atoms. The van der Waals surface area contributed by atoms with Crippen molar-refractivity contribution >= 4 is 5.97 Å². The minimum Gasteiger partial charge on any atom is -0.466 e. The maximum absolute atomic E-state index is 11.2. The zero-order valence-corrected chi connectivity index (χ0v) is 10.7. The molecule has 0 N–H and O–H groups in total. The van der Waals surface area contributed by atoms with Crippen LogP contribution in [0.3, 0.4) is 0 Å². The van der Waals surface area contributed by atoms with Crippen LogP contribution in [0.1, 0.15) is 13.3 Å². The molecule has 1 rings (SSSR count). The fraction of sp³-hybridized carbons (Fsp3) is 0.750. The van der Waals surface area contributed by atoms with Gasteiger partial charge in [-0.1, -0.05) is 6.08 Å². The Morgan fingerprint density at radius 1 is 1.56 bits per heavy atom. The van der Waals surface area contributed by atoms with Crippen LogP contribution < -0.4 is 0 Å². The summed E-state index contributed by atoms with van der Waals surface area (Å²) >= 11 is 0. The maximum Gasteiger partial charge on any atom is 0.333 e. The average Bonchev–Trinajstić information content (AvgIpc) is 2.73. The SMILES string of the molecule is COC(=O)C(C)=CCN1CCC(N(C)C)C1. The van der Waals surface area contributed by atoms with E-state index in [4.69, 9.17) is 0 Å². The summed E-state index contributed by atoms with van der Waals surface area (Å²) < 4.78 is 4.65. The molecule has 0 saturated carbocycles. The van der Waals surface area contributed by atoms with Gasteiger partial charge in [-0.2, -0.15) is 0 Å². The van der Waals surface area contributed by atoms with E-state index in [2.05, 4.69) is 28.6 Å². The Bertz CT molecular complexity index is 274. The molecule has 4 heteroatoms. The second-order valence-electron chi connectivity index (χ2n) is 4.54. The number of nitrogens with zero attached hydrogens (tertiary/aromatic N) is 2. The molecule has 0 aliphatic carbocycles. The van der Waals surface area contributed by atoms with Gasteiger partial charge in [0.2, 0.25) is 0 Å². The first-order valence-electron chi connectivity index (χ1n) is 5.68. The van der Waals surface area contributed by atoms with Gasteiger partial charge in [0.05, 0.1) is 7.11 Å². The number of hydrogen-bond acceptors (Lipinski definition) is 4. The number of methoxy groups -OCH3 is 1. The first-order chi connectivity index (χ1) is 7.54. The number of ether oxygens (including phenoxy) is 1. The van der Waals surface area contributed by atoms with Crippen LogP contribution in [-0.4, -0.2) is 62.7 Å². The van der Waals surface area contributed by atoms with Gasteiger partial charge in [-0.05, 0) is 27.4 Å². The van der Waals surface area contributed by atoms with Gasteiger partial charge in [0.25, 0.3) is 0 Å². The molecule has 4 nitrogen and oxygen atoms in total. The Morgan fingerprint density at radius 3 is 2.75 bits per heavy atom. The topological polar surface area (TPSA) is 32.8 Å². The molecule has 0 amide bonds. The van der Waals surface area contributed by atoms with Crippen LogP contribution >= 0.6 is 0 Å². The average molecular weight is 226 g/mol. The summed E-state index contributed by atoms with van der Waals surface area (Å²) in [5.74, 6) is -0.233. The molecule has 1 fully saturated rings. The number of rotatable bonds is 4. The third-order valence-electron chi connectivity index (χ3n) is 3.14. The molecule has 0 bridgehead atoms. The number of likely N-dealkylation sites (tertiary alicyclic amines) is 1. The first-order valence-corrected chi connectivity index (χ1v) is 5.68. The van der Waals surface area contributed by atoms with Crippen molar-refractivity contribution in [3.63, 3.8) is 0 Å². The monoisotopic (exact) mass is 226 g/mol. The molecule has 0 aromatic heterocycles. The highest BCUT2D eigenvalue weighted by atomic mass is 16.5. The molecule has 0 spiro atoms. The summed E-state index contributed by atoms with van der Waals surface area (Å²) in [5, 5.41) is 0. The first kappa shape index (κ1) is 13.2. The van der Waals surface area contributed by atoms with Crippen LogP contribution in [0, 0.1) is 0 Å². The summed E-state index contributed by atoms with van der Waals surface area (Å²) in [6.07, 6.45) is 3.15. The van der Waals surface area contributed by atoms with Crippen molar-refractivity contribution in [3.8, 4) is 0 Å². The van der Waals surface area contributed by atoms with Crippen molar-refractivity contribution in [1.82, 2.24) is 9.80 Å². The predicted octanol–water partition coefficient (Wildman–Crippen LogP) is 0.742. The standard InChI is InChI=1S/C12H22N2O2/c1-10(12(15)16-4)5-7-14-8-6-11(9-14)13(2)3/h5,11H,6-9H2,1-4H3. The second kappa shape index (κ2) is 6.01. The van der Waals surface area contributed by atoms with Crippen molar-refractivity contribution in [2.45, 2.75) is 19.4 Å². The Labute approximate surface area is 97.9 Å². The smallest absolute Gasteiger partial charge is 0.333 e. The van der Waals surface area contributed by atoms with E-state index < -0.39 is 0 Å². The number of likely N-dealkylation sites (N-methyl/N-ethyl adjacent to an activating group) is 1. The van der Waals surface area contributed by atoms with Crippen molar-refractivity contribution in [1.29, 1.82) is 0 Å². The number of carbonyl (C=O) groups is 1. The van der Waals surface area contributed by atoms with E-state index in [1.165, 1.54) is 13.5 Å². The van der Waals surface area contributed by atoms with Gasteiger partial charge in [-0.25, -0.2) is 4.79 Å². The summed E-state index contributed by atoms with van der Waals surface area (Å²) in [7, 11) is 5.64. The zero-order valence-electron chi connectivity index (χ0n) is 10.7. The van der Waals surface area contributed by atoms with E-state index in [1.54, 1.807) is 6.92 Å². The lowest BCUT2D eigenvalue weighted by molar-refractivity contribution is -0.136. The van der Waals surface area contributed by atoms with Crippen LogP contribution in [0.15, 0.2) is 11.6 Å². The Hall–Kier alpha value is -0.870. The molecular formula is C12H22N2O2. The largest absolute Gasteiger partial charge is 0.466 e. The van der Waals surface area contributed by atoms with Crippen molar-refractivity contribution < 1.29 is 9.53 Å². The predicted molar refractivity (Wildman–Crippen MR) is 64.3 cm³/mol. The minimum absolute atomic E-state index is 0.233. The summed E-state index contributed by atoms with van der Waals surface area (Å²) in [5.41, 5.74) is 0.691. The third kappa shape index (κ3) is 3.61. The maximum atomic E-state index is 11.2.